The molecule has 0 aromatic heterocycles. The summed E-state index contributed by atoms with van der Waals surface area (Å²) < 4.78 is 32.3. The summed E-state index contributed by atoms with van der Waals surface area (Å²) in [6.07, 6.45) is 0. The summed E-state index contributed by atoms with van der Waals surface area (Å²) in [7, 11) is -3.73. The summed E-state index contributed by atoms with van der Waals surface area (Å²) in [5, 5.41) is 9.12. The first-order valence-electron chi connectivity index (χ1n) is 6.69. The van der Waals surface area contributed by atoms with Crippen LogP contribution in [0, 0.1) is 13.8 Å². The van der Waals surface area contributed by atoms with Gasteiger partial charge in [0, 0.05) is 12.6 Å². The number of benzene rings is 1. The first-order chi connectivity index (χ1) is 9.75. The number of aryl methyl sites for hydroxylation is 1. The molecule has 1 saturated heterocycles. The molecule has 0 aliphatic carbocycles. The minimum atomic E-state index is -3.73. The molecule has 1 aromatic carbocycles. The van der Waals surface area contributed by atoms with E-state index < -0.39 is 16.0 Å². The van der Waals surface area contributed by atoms with E-state index in [4.69, 9.17) is 9.84 Å². The Morgan fingerprint density at radius 1 is 1.38 bits per heavy atom. The molecule has 1 aromatic rings. The van der Waals surface area contributed by atoms with Gasteiger partial charge < -0.3 is 9.84 Å². The number of ether oxygens (including phenoxy) is 1. The quantitative estimate of drug-likeness (QED) is 0.912. The highest BCUT2D eigenvalue weighted by Crippen LogP contribution is 2.26. The van der Waals surface area contributed by atoms with Crippen molar-refractivity contribution in [2.24, 2.45) is 0 Å². The number of nitrogens with zero attached hydrogens (tertiary/aromatic N) is 1. The SMILES string of the molecule is Cc1cc(C(=O)O)cc(S(=O)(=O)N2CCOC[C@H]2C)c1C. The molecule has 7 heteroatoms. The highest BCUT2D eigenvalue weighted by molar-refractivity contribution is 7.89. The number of rotatable bonds is 3. The summed E-state index contributed by atoms with van der Waals surface area (Å²) in [6.45, 7) is 6.15. The highest BCUT2D eigenvalue weighted by atomic mass is 32.2. The third-order valence-corrected chi connectivity index (χ3v) is 5.90. The topological polar surface area (TPSA) is 83.9 Å². The van der Waals surface area contributed by atoms with E-state index in [1.54, 1.807) is 20.8 Å². The lowest BCUT2D eigenvalue weighted by Crippen LogP contribution is -2.47. The van der Waals surface area contributed by atoms with Crippen molar-refractivity contribution in [1.82, 2.24) is 4.31 Å². The van der Waals surface area contributed by atoms with Gasteiger partial charge in [-0.15, -0.1) is 0 Å². The molecule has 1 N–H and O–H groups in total. The van der Waals surface area contributed by atoms with Gasteiger partial charge in [0.05, 0.1) is 23.7 Å². The number of morpholine rings is 1. The summed E-state index contributed by atoms with van der Waals surface area (Å²) in [6, 6.07) is 2.46. The Balaban J connectivity index is 2.56. The zero-order valence-electron chi connectivity index (χ0n) is 12.3. The van der Waals surface area contributed by atoms with E-state index in [1.807, 2.05) is 0 Å². The average molecular weight is 313 g/mol. The lowest BCUT2D eigenvalue weighted by Gasteiger charge is -2.32. The third kappa shape index (κ3) is 2.95. The van der Waals surface area contributed by atoms with Crippen LogP contribution in [0.15, 0.2) is 17.0 Å². The van der Waals surface area contributed by atoms with E-state index in [9.17, 15) is 13.2 Å². The van der Waals surface area contributed by atoms with Crippen LogP contribution in [0.4, 0.5) is 0 Å². The van der Waals surface area contributed by atoms with E-state index in [2.05, 4.69) is 0 Å². The maximum Gasteiger partial charge on any atom is 0.335 e. The normalized spacial score (nSPS) is 20.4. The minimum absolute atomic E-state index is 0.0161. The third-order valence-electron chi connectivity index (χ3n) is 3.76. The van der Waals surface area contributed by atoms with Gasteiger partial charge in [0.15, 0.2) is 0 Å². The van der Waals surface area contributed by atoms with Crippen molar-refractivity contribution in [2.75, 3.05) is 19.8 Å². The minimum Gasteiger partial charge on any atom is -0.478 e. The fraction of sp³-hybridized carbons (Fsp3) is 0.500. The highest BCUT2D eigenvalue weighted by Gasteiger charge is 2.33. The molecule has 0 radical (unpaired) electrons. The van der Waals surface area contributed by atoms with E-state index in [0.717, 1.165) is 0 Å². The Kier molecular flexibility index (Phi) is 4.36. The molecule has 1 heterocycles. The molecule has 21 heavy (non-hydrogen) atoms. The zero-order valence-corrected chi connectivity index (χ0v) is 13.1. The fourth-order valence-corrected chi connectivity index (χ4v) is 4.34. The Bertz CT molecular complexity index is 668. The van der Waals surface area contributed by atoms with Crippen molar-refractivity contribution >= 4 is 16.0 Å². The van der Waals surface area contributed by atoms with Gasteiger partial charge in [0.25, 0.3) is 0 Å². The number of sulfonamides is 1. The Morgan fingerprint density at radius 2 is 2.05 bits per heavy atom. The van der Waals surface area contributed by atoms with Gasteiger partial charge in [-0.1, -0.05) is 0 Å². The molecule has 1 aliphatic rings. The lowest BCUT2D eigenvalue weighted by molar-refractivity contribution is 0.0392. The van der Waals surface area contributed by atoms with Crippen LogP contribution in [-0.4, -0.2) is 49.6 Å². The molecule has 0 saturated carbocycles. The van der Waals surface area contributed by atoms with Crippen LogP contribution in [0.2, 0.25) is 0 Å². The van der Waals surface area contributed by atoms with Crippen LogP contribution in [0.1, 0.15) is 28.4 Å². The van der Waals surface area contributed by atoms with Gasteiger partial charge >= 0.3 is 5.97 Å². The monoisotopic (exact) mass is 313 g/mol. The van der Waals surface area contributed by atoms with E-state index in [0.29, 0.717) is 24.3 Å². The molecule has 116 valence electrons. The molecular weight excluding hydrogens is 294 g/mol. The summed E-state index contributed by atoms with van der Waals surface area (Å²) in [5.74, 6) is -1.13. The molecule has 1 fully saturated rings. The van der Waals surface area contributed by atoms with Crippen molar-refractivity contribution in [3.63, 3.8) is 0 Å². The Morgan fingerprint density at radius 3 is 2.62 bits per heavy atom. The van der Waals surface area contributed by atoms with Crippen LogP contribution in [0.25, 0.3) is 0 Å². The van der Waals surface area contributed by atoms with E-state index in [1.165, 1.54) is 16.4 Å². The molecule has 1 atom stereocenters. The van der Waals surface area contributed by atoms with Crippen molar-refractivity contribution in [1.29, 1.82) is 0 Å². The first kappa shape index (κ1) is 15.9. The number of carboxylic acid groups (broad SMARTS) is 1. The molecule has 0 amide bonds. The zero-order chi connectivity index (χ0) is 15.8. The van der Waals surface area contributed by atoms with E-state index >= 15 is 0 Å². The van der Waals surface area contributed by atoms with Gasteiger partial charge in [-0.05, 0) is 44.0 Å². The van der Waals surface area contributed by atoms with E-state index in [-0.39, 0.29) is 23.0 Å². The van der Waals surface area contributed by atoms with Crippen molar-refractivity contribution in [2.45, 2.75) is 31.7 Å². The van der Waals surface area contributed by atoms with Gasteiger partial charge in [-0.3, -0.25) is 0 Å². The number of carbonyl (C=O) groups is 1. The molecule has 0 unspecified atom stereocenters. The van der Waals surface area contributed by atoms with Crippen molar-refractivity contribution in [3.8, 4) is 0 Å². The predicted octanol–water partition coefficient (Wildman–Crippen LogP) is 1.41. The maximum atomic E-state index is 12.8. The lowest BCUT2D eigenvalue weighted by atomic mass is 10.1. The van der Waals surface area contributed by atoms with Gasteiger partial charge in [0.2, 0.25) is 10.0 Å². The van der Waals surface area contributed by atoms with Crippen molar-refractivity contribution in [3.05, 3.63) is 28.8 Å². The maximum absolute atomic E-state index is 12.8. The standard InChI is InChI=1S/C14H19NO5S/c1-9-6-12(14(16)17)7-13(11(9)3)21(18,19)15-4-5-20-8-10(15)2/h6-7,10H,4-5,8H2,1-3H3,(H,16,17)/t10-/m1/s1. The Labute approximate surface area is 124 Å². The molecule has 6 nitrogen and oxygen atoms in total. The number of aromatic carboxylic acids is 1. The number of hydrogen-bond donors (Lipinski definition) is 1. The number of carboxylic acids is 1. The summed E-state index contributed by atoms with van der Waals surface area (Å²) >= 11 is 0. The van der Waals surface area contributed by atoms with Crippen molar-refractivity contribution < 1.29 is 23.1 Å². The molecule has 0 spiro atoms. The number of hydrogen-bond acceptors (Lipinski definition) is 4. The second-order valence-electron chi connectivity index (χ2n) is 5.26. The Hall–Kier alpha value is -1.44. The average Bonchev–Trinajstić information content (AvgIpc) is 2.41. The molecule has 1 aliphatic heterocycles. The predicted molar refractivity (Wildman–Crippen MR) is 77.0 cm³/mol. The largest absolute Gasteiger partial charge is 0.478 e. The van der Waals surface area contributed by atoms with Gasteiger partial charge in [0.1, 0.15) is 0 Å². The smallest absolute Gasteiger partial charge is 0.335 e. The second-order valence-corrected chi connectivity index (χ2v) is 7.12. The molecular formula is C14H19NO5S. The van der Waals surface area contributed by atoms with Crippen LogP contribution in [-0.2, 0) is 14.8 Å². The van der Waals surface area contributed by atoms with Gasteiger partial charge in [-0.2, -0.15) is 4.31 Å². The van der Waals surface area contributed by atoms with Crippen LogP contribution >= 0.6 is 0 Å². The van der Waals surface area contributed by atoms with Crippen LogP contribution < -0.4 is 0 Å². The molecule has 2 rings (SSSR count). The first-order valence-corrected chi connectivity index (χ1v) is 8.13. The van der Waals surface area contributed by atoms with Crippen LogP contribution in [0.5, 0.6) is 0 Å². The van der Waals surface area contributed by atoms with Gasteiger partial charge in [-0.25, -0.2) is 13.2 Å². The fourth-order valence-electron chi connectivity index (χ4n) is 2.41. The summed E-state index contributed by atoms with van der Waals surface area (Å²) in [4.78, 5) is 11.2. The second kappa shape index (κ2) is 5.75. The van der Waals surface area contributed by atoms with Crippen LogP contribution in [0.3, 0.4) is 0 Å². The summed E-state index contributed by atoms with van der Waals surface area (Å²) in [5.41, 5.74) is 1.21. The molecule has 0 bridgehead atoms.